The molecule has 3 nitrogen and oxygen atoms in total. The third-order valence-corrected chi connectivity index (χ3v) is 4.25. The Bertz CT molecular complexity index is 215. The molecule has 1 aliphatic heterocycles. The standard InChI is InChI=1S/C15H32N2O/c1-12(2)10-16-11-13(3)14(4)17(5)15-6-8-18-9-7-15/h12-16H,6-11H2,1-5H3. The second-order valence-electron chi connectivity index (χ2n) is 6.28. The van der Waals surface area contributed by atoms with Crippen molar-refractivity contribution in [3.05, 3.63) is 0 Å². The van der Waals surface area contributed by atoms with Crippen LogP contribution in [0.5, 0.6) is 0 Å². The highest BCUT2D eigenvalue weighted by Gasteiger charge is 2.25. The van der Waals surface area contributed by atoms with Crippen LogP contribution in [0, 0.1) is 11.8 Å². The van der Waals surface area contributed by atoms with E-state index in [-0.39, 0.29) is 0 Å². The van der Waals surface area contributed by atoms with E-state index >= 15 is 0 Å². The molecule has 1 heterocycles. The molecule has 2 atom stereocenters. The Kier molecular flexibility index (Phi) is 7.20. The summed E-state index contributed by atoms with van der Waals surface area (Å²) in [6, 6.07) is 1.34. The number of nitrogens with zero attached hydrogens (tertiary/aromatic N) is 1. The number of rotatable bonds is 7. The molecule has 1 fully saturated rings. The Morgan fingerprint density at radius 2 is 1.72 bits per heavy atom. The summed E-state index contributed by atoms with van der Waals surface area (Å²) in [5.41, 5.74) is 0. The largest absolute Gasteiger partial charge is 0.381 e. The van der Waals surface area contributed by atoms with Crippen LogP contribution >= 0.6 is 0 Å². The Morgan fingerprint density at radius 3 is 2.28 bits per heavy atom. The molecule has 0 spiro atoms. The van der Waals surface area contributed by atoms with Crippen LogP contribution in [0.2, 0.25) is 0 Å². The quantitative estimate of drug-likeness (QED) is 0.757. The van der Waals surface area contributed by atoms with Crippen LogP contribution in [0.1, 0.15) is 40.5 Å². The highest BCUT2D eigenvalue weighted by molar-refractivity contribution is 4.80. The van der Waals surface area contributed by atoms with E-state index in [1.165, 1.54) is 12.8 Å². The van der Waals surface area contributed by atoms with Crippen molar-refractivity contribution < 1.29 is 4.74 Å². The summed E-state index contributed by atoms with van der Waals surface area (Å²) >= 11 is 0. The van der Waals surface area contributed by atoms with Crippen molar-refractivity contribution in [2.24, 2.45) is 11.8 Å². The third-order valence-electron chi connectivity index (χ3n) is 4.25. The molecule has 3 heteroatoms. The van der Waals surface area contributed by atoms with Gasteiger partial charge in [0.2, 0.25) is 0 Å². The lowest BCUT2D eigenvalue weighted by atomic mass is 9.98. The van der Waals surface area contributed by atoms with Crippen molar-refractivity contribution in [1.29, 1.82) is 0 Å². The molecule has 108 valence electrons. The average Bonchev–Trinajstić information content (AvgIpc) is 2.37. The first-order valence-electron chi connectivity index (χ1n) is 7.52. The van der Waals surface area contributed by atoms with E-state index in [2.05, 4.69) is 45.0 Å². The van der Waals surface area contributed by atoms with E-state index in [1.807, 2.05) is 0 Å². The van der Waals surface area contributed by atoms with Gasteiger partial charge in [0.05, 0.1) is 0 Å². The summed E-state index contributed by atoms with van der Waals surface area (Å²) in [6.45, 7) is 13.3. The van der Waals surface area contributed by atoms with E-state index in [9.17, 15) is 0 Å². The summed E-state index contributed by atoms with van der Waals surface area (Å²) in [4.78, 5) is 2.56. The first-order chi connectivity index (χ1) is 8.52. The maximum Gasteiger partial charge on any atom is 0.0480 e. The van der Waals surface area contributed by atoms with E-state index in [4.69, 9.17) is 4.74 Å². The topological polar surface area (TPSA) is 24.5 Å². The van der Waals surface area contributed by atoms with Crippen molar-refractivity contribution in [3.8, 4) is 0 Å². The first kappa shape index (κ1) is 15.9. The Balaban J connectivity index is 2.29. The molecule has 0 aromatic heterocycles. The Labute approximate surface area is 113 Å². The molecule has 0 saturated carbocycles. The summed E-state index contributed by atoms with van der Waals surface area (Å²) in [5.74, 6) is 1.43. The minimum Gasteiger partial charge on any atom is -0.381 e. The zero-order valence-electron chi connectivity index (χ0n) is 12.9. The number of hydrogen-bond donors (Lipinski definition) is 1. The van der Waals surface area contributed by atoms with Crippen molar-refractivity contribution in [3.63, 3.8) is 0 Å². The van der Waals surface area contributed by atoms with Crippen LogP contribution in [0.3, 0.4) is 0 Å². The molecule has 0 aliphatic carbocycles. The fourth-order valence-corrected chi connectivity index (χ4v) is 2.60. The molecular formula is C15H32N2O. The van der Waals surface area contributed by atoms with Crippen LogP contribution in [0.25, 0.3) is 0 Å². The second-order valence-corrected chi connectivity index (χ2v) is 6.28. The van der Waals surface area contributed by atoms with E-state index in [0.29, 0.717) is 18.0 Å². The van der Waals surface area contributed by atoms with Gasteiger partial charge in [0, 0.05) is 25.3 Å². The molecule has 18 heavy (non-hydrogen) atoms. The van der Waals surface area contributed by atoms with E-state index < -0.39 is 0 Å². The van der Waals surface area contributed by atoms with Gasteiger partial charge in [-0.05, 0) is 51.7 Å². The normalized spacial score (nSPS) is 21.5. The van der Waals surface area contributed by atoms with Gasteiger partial charge < -0.3 is 15.0 Å². The maximum absolute atomic E-state index is 5.44. The van der Waals surface area contributed by atoms with Gasteiger partial charge >= 0.3 is 0 Å². The zero-order chi connectivity index (χ0) is 13.5. The predicted octanol–water partition coefficient (Wildman–Crippen LogP) is 2.37. The lowest BCUT2D eigenvalue weighted by molar-refractivity contribution is 0.0225. The monoisotopic (exact) mass is 256 g/mol. The van der Waals surface area contributed by atoms with Crippen molar-refractivity contribution in [2.75, 3.05) is 33.4 Å². The number of ether oxygens (including phenoxy) is 1. The van der Waals surface area contributed by atoms with Crippen LogP contribution in [-0.4, -0.2) is 50.3 Å². The molecule has 2 unspecified atom stereocenters. The van der Waals surface area contributed by atoms with Crippen LogP contribution in [0.15, 0.2) is 0 Å². The molecule has 0 aromatic rings. The van der Waals surface area contributed by atoms with Crippen LogP contribution < -0.4 is 5.32 Å². The van der Waals surface area contributed by atoms with Crippen molar-refractivity contribution in [2.45, 2.75) is 52.6 Å². The van der Waals surface area contributed by atoms with E-state index in [0.717, 1.165) is 32.2 Å². The van der Waals surface area contributed by atoms with Gasteiger partial charge in [-0.1, -0.05) is 20.8 Å². The summed E-state index contributed by atoms with van der Waals surface area (Å²) in [6.07, 6.45) is 2.37. The van der Waals surface area contributed by atoms with Crippen molar-refractivity contribution >= 4 is 0 Å². The van der Waals surface area contributed by atoms with Gasteiger partial charge in [-0.3, -0.25) is 0 Å². The third kappa shape index (κ3) is 5.25. The van der Waals surface area contributed by atoms with Gasteiger partial charge in [0.1, 0.15) is 0 Å². The molecule has 1 aliphatic rings. The van der Waals surface area contributed by atoms with Crippen LogP contribution in [-0.2, 0) is 4.74 Å². The molecule has 0 radical (unpaired) electrons. The highest BCUT2D eigenvalue weighted by Crippen LogP contribution is 2.18. The molecular weight excluding hydrogens is 224 g/mol. The second kappa shape index (κ2) is 8.13. The SMILES string of the molecule is CC(C)CNCC(C)C(C)N(C)C1CCOCC1. The smallest absolute Gasteiger partial charge is 0.0480 e. The molecule has 0 aromatic carbocycles. The van der Waals surface area contributed by atoms with E-state index in [1.54, 1.807) is 0 Å². The predicted molar refractivity (Wildman–Crippen MR) is 77.9 cm³/mol. The maximum atomic E-state index is 5.44. The fourth-order valence-electron chi connectivity index (χ4n) is 2.60. The molecule has 1 N–H and O–H groups in total. The summed E-state index contributed by atoms with van der Waals surface area (Å²) < 4.78 is 5.44. The molecule has 0 bridgehead atoms. The fraction of sp³-hybridized carbons (Fsp3) is 1.00. The van der Waals surface area contributed by atoms with Crippen LogP contribution in [0.4, 0.5) is 0 Å². The summed E-state index contributed by atoms with van der Waals surface area (Å²) in [5, 5.41) is 3.57. The van der Waals surface area contributed by atoms with Gasteiger partial charge in [-0.15, -0.1) is 0 Å². The first-order valence-corrected chi connectivity index (χ1v) is 7.52. The Hall–Kier alpha value is -0.120. The highest BCUT2D eigenvalue weighted by atomic mass is 16.5. The lowest BCUT2D eigenvalue weighted by Gasteiger charge is -2.38. The molecule has 1 rings (SSSR count). The average molecular weight is 256 g/mol. The number of nitrogens with one attached hydrogen (secondary N) is 1. The number of hydrogen-bond acceptors (Lipinski definition) is 3. The minimum absolute atomic E-state index is 0.632. The molecule has 0 amide bonds. The van der Waals surface area contributed by atoms with Gasteiger partial charge in [0.25, 0.3) is 0 Å². The summed E-state index contributed by atoms with van der Waals surface area (Å²) in [7, 11) is 2.28. The van der Waals surface area contributed by atoms with Gasteiger partial charge in [0.15, 0.2) is 0 Å². The minimum atomic E-state index is 0.632. The Morgan fingerprint density at radius 1 is 1.11 bits per heavy atom. The van der Waals surface area contributed by atoms with Gasteiger partial charge in [-0.25, -0.2) is 0 Å². The zero-order valence-corrected chi connectivity index (χ0v) is 12.9. The molecule has 1 saturated heterocycles. The van der Waals surface area contributed by atoms with Gasteiger partial charge in [-0.2, -0.15) is 0 Å². The lowest BCUT2D eigenvalue weighted by Crippen LogP contribution is -2.46. The van der Waals surface area contributed by atoms with Crippen molar-refractivity contribution in [1.82, 2.24) is 10.2 Å².